The van der Waals surface area contributed by atoms with Gasteiger partial charge in [-0.2, -0.15) is 10.2 Å². The van der Waals surface area contributed by atoms with E-state index in [-0.39, 0.29) is 0 Å². The van der Waals surface area contributed by atoms with Crippen molar-refractivity contribution in [2.24, 2.45) is 0 Å². The van der Waals surface area contributed by atoms with Crippen LogP contribution in [0.15, 0.2) is 85.6 Å². The van der Waals surface area contributed by atoms with Crippen molar-refractivity contribution in [3.63, 3.8) is 0 Å². The molecule has 0 aliphatic rings. The standard InChI is InChI=1S/C9H10N2.2C8H8N2/c1-7-6-11-5-3-4-10-9(11)8(7)2;1-7-3-2-4-8-5-6-9-10(7)8;1-7-6-8-4-2-3-5-10(8)9-7/h3-6H,1-2H3;2*2-6H,1H3. The van der Waals surface area contributed by atoms with E-state index in [1.807, 2.05) is 101 Å². The lowest BCUT2D eigenvalue weighted by Crippen LogP contribution is -1.90. The molecular formula is C25H26N6. The number of hydrogen-bond donors (Lipinski definition) is 0. The molecule has 0 bridgehead atoms. The van der Waals surface area contributed by atoms with E-state index in [1.165, 1.54) is 16.8 Å². The van der Waals surface area contributed by atoms with Crippen LogP contribution >= 0.6 is 0 Å². The molecule has 6 aromatic rings. The molecule has 0 aliphatic carbocycles. The molecule has 6 heterocycles. The van der Waals surface area contributed by atoms with Crippen LogP contribution in [0.25, 0.3) is 16.7 Å². The summed E-state index contributed by atoms with van der Waals surface area (Å²) in [6.45, 7) is 8.23. The summed E-state index contributed by atoms with van der Waals surface area (Å²) < 4.78 is 5.83. The summed E-state index contributed by atoms with van der Waals surface area (Å²) >= 11 is 0. The number of rotatable bonds is 0. The molecule has 0 saturated carbocycles. The van der Waals surface area contributed by atoms with Crippen molar-refractivity contribution in [2.75, 3.05) is 0 Å². The highest BCUT2D eigenvalue weighted by molar-refractivity contribution is 5.51. The fraction of sp³-hybridized carbons (Fsp3) is 0.160. The molecule has 0 fully saturated rings. The van der Waals surface area contributed by atoms with Gasteiger partial charge in [0, 0.05) is 36.7 Å². The Morgan fingerprint density at radius 2 is 1.61 bits per heavy atom. The number of nitrogens with zero attached hydrogens (tertiary/aromatic N) is 6. The SMILES string of the molecule is Cc1cc2ccccn2n1.Cc1cccc2ccnn12.Cc1cn2cccnc2c1C. The first kappa shape index (κ1) is 20.3. The van der Waals surface area contributed by atoms with Crippen LogP contribution in [-0.2, 0) is 0 Å². The molecule has 6 aromatic heterocycles. The first-order valence-corrected chi connectivity index (χ1v) is 10.2. The summed E-state index contributed by atoms with van der Waals surface area (Å²) in [5, 5.41) is 8.36. The van der Waals surface area contributed by atoms with Gasteiger partial charge in [0.25, 0.3) is 0 Å². The largest absolute Gasteiger partial charge is 0.308 e. The van der Waals surface area contributed by atoms with E-state index >= 15 is 0 Å². The molecule has 6 rings (SSSR count). The quantitative estimate of drug-likeness (QED) is 0.344. The lowest BCUT2D eigenvalue weighted by Gasteiger charge is -1.95. The summed E-state index contributed by atoms with van der Waals surface area (Å²) in [5.41, 5.74) is 8.16. The highest BCUT2D eigenvalue weighted by Gasteiger charge is 2.01. The molecule has 31 heavy (non-hydrogen) atoms. The second-order valence-electron chi connectivity index (χ2n) is 7.48. The van der Waals surface area contributed by atoms with Gasteiger partial charge in [-0.1, -0.05) is 12.1 Å². The molecule has 0 unspecified atom stereocenters. The maximum atomic E-state index is 4.26. The van der Waals surface area contributed by atoms with E-state index in [0.29, 0.717) is 0 Å². The molecule has 0 aliphatic heterocycles. The molecular weight excluding hydrogens is 384 g/mol. The molecule has 156 valence electrons. The lowest BCUT2D eigenvalue weighted by atomic mass is 10.2. The number of hydrogen-bond acceptors (Lipinski definition) is 3. The highest BCUT2D eigenvalue weighted by atomic mass is 15.2. The van der Waals surface area contributed by atoms with E-state index in [1.54, 1.807) is 0 Å². The minimum atomic E-state index is 1.06. The second kappa shape index (κ2) is 8.83. The Bertz CT molecular complexity index is 1400. The van der Waals surface area contributed by atoms with Crippen LogP contribution in [0.4, 0.5) is 0 Å². The number of aromatic nitrogens is 6. The maximum Gasteiger partial charge on any atom is 0.139 e. The second-order valence-corrected chi connectivity index (χ2v) is 7.48. The molecule has 0 radical (unpaired) electrons. The van der Waals surface area contributed by atoms with Crippen molar-refractivity contribution >= 4 is 16.7 Å². The summed E-state index contributed by atoms with van der Waals surface area (Å²) in [5.74, 6) is 0. The Balaban J connectivity index is 0.000000112. The van der Waals surface area contributed by atoms with Gasteiger partial charge < -0.3 is 4.40 Å². The molecule has 0 aromatic carbocycles. The van der Waals surface area contributed by atoms with E-state index in [9.17, 15) is 0 Å². The van der Waals surface area contributed by atoms with Crippen LogP contribution in [-0.4, -0.2) is 28.6 Å². The maximum absolute atomic E-state index is 4.26. The van der Waals surface area contributed by atoms with Crippen molar-refractivity contribution in [2.45, 2.75) is 27.7 Å². The molecule has 0 spiro atoms. The zero-order valence-corrected chi connectivity index (χ0v) is 18.3. The Morgan fingerprint density at radius 3 is 2.39 bits per heavy atom. The summed E-state index contributed by atoms with van der Waals surface area (Å²) in [6.07, 6.45) is 9.69. The van der Waals surface area contributed by atoms with Crippen molar-refractivity contribution in [3.05, 3.63) is 108 Å². The molecule has 0 amide bonds. The van der Waals surface area contributed by atoms with Gasteiger partial charge in [-0.05, 0) is 81.3 Å². The average molecular weight is 411 g/mol. The van der Waals surface area contributed by atoms with Crippen LogP contribution in [0, 0.1) is 27.7 Å². The highest BCUT2D eigenvalue weighted by Crippen LogP contribution is 2.13. The zero-order chi connectivity index (χ0) is 21.8. The lowest BCUT2D eigenvalue weighted by molar-refractivity contribution is 0.915. The third-order valence-electron chi connectivity index (χ3n) is 5.14. The van der Waals surface area contributed by atoms with Crippen LogP contribution in [0.2, 0.25) is 0 Å². The Kier molecular flexibility index (Phi) is 5.80. The predicted molar refractivity (Wildman–Crippen MR) is 125 cm³/mol. The summed E-state index contributed by atoms with van der Waals surface area (Å²) in [7, 11) is 0. The van der Waals surface area contributed by atoms with E-state index in [0.717, 1.165) is 22.4 Å². The van der Waals surface area contributed by atoms with Crippen LogP contribution in [0.1, 0.15) is 22.5 Å². The Labute approximate surface area is 181 Å². The summed E-state index contributed by atoms with van der Waals surface area (Å²) in [6, 6.07) is 18.1. The van der Waals surface area contributed by atoms with Gasteiger partial charge in [0.2, 0.25) is 0 Å². The smallest absolute Gasteiger partial charge is 0.139 e. The number of aryl methyl sites for hydroxylation is 4. The van der Waals surface area contributed by atoms with Gasteiger partial charge in [-0.15, -0.1) is 0 Å². The fourth-order valence-electron chi connectivity index (χ4n) is 3.42. The average Bonchev–Trinajstić information content (AvgIpc) is 3.47. The third-order valence-corrected chi connectivity index (χ3v) is 5.14. The van der Waals surface area contributed by atoms with Gasteiger partial charge in [0.15, 0.2) is 0 Å². The normalized spacial score (nSPS) is 10.6. The van der Waals surface area contributed by atoms with E-state index in [2.05, 4.69) is 41.3 Å². The summed E-state index contributed by atoms with van der Waals surface area (Å²) in [4.78, 5) is 4.26. The molecule has 6 heteroatoms. The fourth-order valence-corrected chi connectivity index (χ4v) is 3.42. The van der Waals surface area contributed by atoms with Gasteiger partial charge in [0.1, 0.15) is 5.65 Å². The Morgan fingerprint density at radius 1 is 0.774 bits per heavy atom. The predicted octanol–water partition coefficient (Wildman–Crippen LogP) is 5.24. The molecule has 6 nitrogen and oxygen atoms in total. The van der Waals surface area contributed by atoms with Crippen molar-refractivity contribution in [1.82, 2.24) is 28.6 Å². The van der Waals surface area contributed by atoms with E-state index < -0.39 is 0 Å². The number of pyridine rings is 2. The van der Waals surface area contributed by atoms with E-state index in [4.69, 9.17) is 0 Å². The monoisotopic (exact) mass is 410 g/mol. The first-order valence-electron chi connectivity index (χ1n) is 10.2. The van der Waals surface area contributed by atoms with Crippen molar-refractivity contribution in [3.8, 4) is 0 Å². The van der Waals surface area contributed by atoms with Crippen LogP contribution < -0.4 is 0 Å². The number of fused-ring (bicyclic) bond motifs is 3. The van der Waals surface area contributed by atoms with Crippen molar-refractivity contribution in [1.29, 1.82) is 0 Å². The third kappa shape index (κ3) is 4.48. The molecule has 0 saturated heterocycles. The van der Waals surface area contributed by atoms with Gasteiger partial charge >= 0.3 is 0 Å². The minimum absolute atomic E-state index is 1.06. The van der Waals surface area contributed by atoms with Crippen molar-refractivity contribution < 1.29 is 0 Å². The van der Waals surface area contributed by atoms with Crippen LogP contribution in [0.5, 0.6) is 0 Å². The zero-order valence-electron chi connectivity index (χ0n) is 18.3. The minimum Gasteiger partial charge on any atom is -0.308 e. The van der Waals surface area contributed by atoms with Gasteiger partial charge in [-0.3, -0.25) is 0 Å². The molecule has 0 atom stereocenters. The first-order chi connectivity index (χ1) is 15.0. The topological polar surface area (TPSA) is 51.9 Å². The van der Waals surface area contributed by atoms with Gasteiger partial charge in [-0.25, -0.2) is 14.0 Å². The molecule has 0 N–H and O–H groups in total. The van der Waals surface area contributed by atoms with Gasteiger partial charge in [0.05, 0.1) is 16.7 Å². The van der Waals surface area contributed by atoms with Crippen LogP contribution in [0.3, 0.4) is 0 Å². The Hall–Kier alpha value is -3.93.